The number of aromatic nitrogens is 5. The minimum atomic E-state index is 0.654. The van der Waals surface area contributed by atoms with Gasteiger partial charge in [-0.2, -0.15) is 0 Å². The van der Waals surface area contributed by atoms with Crippen molar-refractivity contribution in [3.8, 4) is 79.2 Å². The fourth-order valence-corrected chi connectivity index (χ4v) is 8.24. The van der Waals surface area contributed by atoms with Crippen LogP contribution in [0.5, 0.6) is 0 Å². The first kappa shape index (κ1) is 32.5. The molecular weight excluding hydrogens is 691 g/mol. The van der Waals surface area contributed by atoms with Gasteiger partial charge in [-0.25, -0.2) is 24.9 Å². The fraction of sp³-hybridized carbons (Fsp3) is 0. The highest BCUT2D eigenvalue weighted by Gasteiger charge is 2.17. The van der Waals surface area contributed by atoms with Crippen LogP contribution in [0.3, 0.4) is 0 Å². The lowest BCUT2D eigenvalue weighted by Gasteiger charge is -2.10. The molecular formula is C49H31N5S. The normalized spacial score (nSPS) is 11.3. The Kier molecular flexibility index (Phi) is 8.28. The Morgan fingerprint density at radius 3 is 1.31 bits per heavy atom. The largest absolute Gasteiger partial charge is 0.228 e. The van der Waals surface area contributed by atoms with Crippen molar-refractivity contribution in [1.82, 2.24) is 24.9 Å². The van der Waals surface area contributed by atoms with Crippen molar-refractivity contribution < 1.29 is 0 Å². The third kappa shape index (κ3) is 6.35. The highest BCUT2D eigenvalue weighted by atomic mass is 32.1. The lowest BCUT2D eigenvalue weighted by atomic mass is 10.0. The summed E-state index contributed by atoms with van der Waals surface area (Å²) in [7, 11) is 0. The quantitative estimate of drug-likeness (QED) is 0.164. The predicted octanol–water partition coefficient (Wildman–Crippen LogP) is 12.7. The standard InChI is InChI=1S/C49H31N5S/c1-5-14-33(15-6-1)42-31-43(34-16-7-2-8-17-34)51-46(50-42)37-26-24-32(25-27-37)38-28-29-39-40-22-13-23-41(45(40)55-44(39)30-38)49-53-47(35-18-9-3-10-19-35)52-48(54-49)36-20-11-4-12-21-36/h1-31H. The first-order chi connectivity index (χ1) is 27.2. The van der Waals surface area contributed by atoms with Crippen molar-refractivity contribution in [1.29, 1.82) is 0 Å². The van der Waals surface area contributed by atoms with E-state index in [9.17, 15) is 0 Å². The molecule has 6 heteroatoms. The van der Waals surface area contributed by atoms with Crippen LogP contribution in [0.25, 0.3) is 99.4 Å². The van der Waals surface area contributed by atoms with Crippen molar-refractivity contribution >= 4 is 31.5 Å². The summed E-state index contributed by atoms with van der Waals surface area (Å²) < 4.78 is 2.36. The van der Waals surface area contributed by atoms with E-state index in [2.05, 4.69) is 91.0 Å². The van der Waals surface area contributed by atoms with Gasteiger partial charge in [-0.15, -0.1) is 11.3 Å². The van der Waals surface area contributed by atoms with Crippen molar-refractivity contribution in [2.45, 2.75) is 0 Å². The fourth-order valence-electron chi connectivity index (χ4n) is 6.98. The maximum Gasteiger partial charge on any atom is 0.165 e. The van der Waals surface area contributed by atoms with E-state index in [1.165, 1.54) is 15.5 Å². The summed E-state index contributed by atoms with van der Waals surface area (Å²) in [6, 6.07) is 64.6. The molecule has 0 unspecified atom stereocenters. The van der Waals surface area contributed by atoms with Crippen molar-refractivity contribution in [2.75, 3.05) is 0 Å². The average molecular weight is 722 g/mol. The van der Waals surface area contributed by atoms with E-state index in [4.69, 9.17) is 24.9 Å². The smallest absolute Gasteiger partial charge is 0.165 e. The molecule has 10 rings (SSSR count). The molecule has 0 atom stereocenters. The van der Waals surface area contributed by atoms with Gasteiger partial charge in [-0.1, -0.05) is 170 Å². The molecule has 5 nitrogen and oxygen atoms in total. The zero-order chi connectivity index (χ0) is 36.6. The second-order valence-electron chi connectivity index (χ2n) is 13.3. The van der Waals surface area contributed by atoms with Gasteiger partial charge in [0.1, 0.15) is 0 Å². The molecule has 0 N–H and O–H groups in total. The van der Waals surface area contributed by atoms with Gasteiger partial charge in [-0.3, -0.25) is 0 Å². The van der Waals surface area contributed by atoms with Crippen LogP contribution in [-0.2, 0) is 0 Å². The summed E-state index contributed by atoms with van der Waals surface area (Å²) in [4.78, 5) is 25.0. The van der Waals surface area contributed by atoms with Gasteiger partial charge in [0.25, 0.3) is 0 Å². The van der Waals surface area contributed by atoms with Crippen LogP contribution >= 0.6 is 11.3 Å². The molecule has 55 heavy (non-hydrogen) atoms. The highest BCUT2D eigenvalue weighted by Crippen LogP contribution is 2.41. The van der Waals surface area contributed by atoms with Gasteiger partial charge >= 0.3 is 0 Å². The number of thiophene rings is 1. The molecule has 0 aliphatic heterocycles. The molecule has 0 amide bonds. The molecule has 0 saturated heterocycles. The number of hydrogen-bond donors (Lipinski definition) is 0. The first-order valence-electron chi connectivity index (χ1n) is 18.2. The van der Waals surface area contributed by atoms with Gasteiger partial charge in [0.05, 0.1) is 11.4 Å². The zero-order valence-corrected chi connectivity index (χ0v) is 30.4. The van der Waals surface area contributed by atoms with E-state index in [0.717, 1.165) is 60.6 Å². The van der Waals surface area contributed by atoms with E-state index in [-0.39, 0.29) is 0 Å². The Bertz CT molecular complexity index is 2830. The average Bonchev–Trinajstić information content (AvgIpc) is 3.66. The van der Waals surface area contributed by atoms with E-state index in [0.29, 0.717) is 23.3 Å². The monoisotopic (exact) mass is 721 g/mol. The molecule has 0 bridgehead atoms. The minimum absolute atomic E-state index is 0.654. The molecule has 0 aliphatic carbocycles. The molecule has 0 fully saturated rings. The van der Waals surface area contributed by atoms with Gasteiger partial charge in [0.2, 0.25) is 0 Å². The third-order valence-corrected chi connectivity index (χ3v) is 11.0. The van der Waals surface area contributed by atoms with E-state index in [1.807, 2.05) is 97.1 Å². The zero-order valence-electron chi connectivity index (χ0n) is 29.5. The molecule has 3 aromatic heterocycles. The summed E-state index contributed by atoms with van der Waals surface area (Å²) in [5.74, 6) is 2.67. The summed E-state index contributed by atoms with van der Waals surface area (Å²) in [5.41, 5.74) is 10.1. The number of benzene rings is 7. The van der Waals surface area contributed by atoms with Gasteiger partial charge < -0.3 is 0 Å². The Balaban J connectivity index is 1.03. The Hall–Kier alpha value is -7.15. The number of hydrogen-bond acceptors (Lipinski definition) is 6. The van der Waals surface area contributed by atoms with E-state index < -0.39 is 0 Å². The predicted molar refractivity (Wildman–Crippen MR) is 226 cm³/mol. The molecule has 10 aromatic rings. The maximum atomic E-state index is 5.04. The number of fused-ring (bicyclic) bond motifs is 3. The first-order valence-corrected chi connectivity index (χ1v) is 19.0. The summed E-state index contributed by atoms with van der Waals surface area (Å²) in [6.07, 6.45) is 0. The van der Waals surface area contributed by atoms with E-state index in [1.54, 1.807) is 11.3 Å². The summed E-state index contributed by atoms with van der Waals surface area (Å²) in [6.45, 7) is 0. The van der Waals surface area contributed by atoms with Crippen LogP contribution in [0.1, 0.15) is 0 Å². The van der Waals surface area contributed by atoms with Crippen LogP contribution in [0, 0.1) is 0 Å². The third-order valence-electron chi connectivity index (χ3n) is 9.78. The molecule has 7 aromatic carbocycles. The lowest BCUT2D eigenvalue weighted by molar-refractivity contribution is 1.08. The topological polar surface area (TPSA) is 64.5 Å². The molecule has 0 radical (unpaired) electrons. The Labute approximate surface area is 322 Å². The number of rotatable bonds is 7. The van der Waals surface area contributed by atoms with Gasteiger partial charge in [0.15, 0.2) is 23.3 Å². The molecule has 258 valence electrons. The minimum Gasteiger partial charge on any atom is -0.228 e. The van der Waals surface area contributed by atoms with Crippen LogP contribution < -0.4 is 0 Å². The molecule has 0 saturated carbocycles. The van der Waals surface area contributed by atoms with Gasteiger partial charge in [0, 0.05) is 53.6 Å². The SMILES string of the molecule is c1ccc(-c2cc(-c3ccccc3)nc(-c3ccc(-c4ccc5c(c4)sc4c(-c6nc(-c7ccccc7)nc(-c7ccccc7)n6)cccc45)cc3)n2)cc1. The Morgan fingerprint density at radius 1 is 0.291 bits per heavy atom. The number of nitrogens with zero attached hydrogens (tertiary/aromatic N) is 5. The van der Waals surface area contributed by atoms with Gasteiger partial charge in [-0.05, 0) is 29.3 Å². The summed E-state index contributed by atoms with van der Waals surface area (Å²) >= 11 is 1.77. The molecule has 0 aliphatic rings. The van der Waals surface area contributed by atoms with Crippen LogP contribution in [0.2, 0.25) is 0 Å². The van der Waals surface area contributed by atoms with Crippen molar-refractivity contribution in [3.63, 3.8) is 0 Å². The molecule has 3 heterocycles. The van der Waals surface area contributed by atoms with Crippen molar-refractivity contribution in [3.05, 3.63) is 188 Å². The van der Waals surface area contributed by atoms with E-state index >= 15 is 0 Å². The van der Waals surface area contributed by atoms with Crippen molar-refractivity contribution in [2.24, 2.45) is 0 Å². The lowest BCUT2D eigenvalue weighted by Crippen LogP contribution is -2.00. The highest BCUT2D eigenvalue weighted by molar-refractivity contribution is 7.26. The second-order valence-corrected chi connectivity index (χ2v) is 14.4. The van der Waals surface area contributed by atoms with Crippen LogP contribution in [-0.4, -0.2) is 24.9 Å². The Morgan fingerprint density at radius 2 is 0.745 bits per heavy atom. The second kappa shape index (κ2) is 14.0. The van der Waals surface area contributed by atoms with Crippen LogP contribution in [0.4, 0.5) is 0 Å². The summed E-state index contributed by atoms with van der Waals surface area (Å²) in [5, 5.41) is 2.40. The molecule has 0 spiro atoms. The maximum absolute atomic E-state index is 5.04. The van der Waals surface area contributed by atoms with Crippen LogP contribution in [0.15, 0.2) is 188 Å².